The molecule has 1 aliphatic heterocycles. The summed E-state index contributed by atoms with van der Waals surface area (Å²) in [6.07, 6.45) is 1.57. The van der Waals surface area contributed by atoms with Gasteiger partial charge in [0.1, 0.15) is 17.2 Å². The number of para-hydroxylation sites is 1. The van der Waals surface area contributed by atoms with Crippen LogP contribution in [0, 0.1) is 17.0 Å². The SMILES string of the molecule is Cc1ccc(C(=O)NC(=Cc2ccc(-c3ccccc3[N+](=O)[O-])o2)C(=O)NC2CCS(=O)(=O)C2)cc1. The number of nitro benzene ring substituents is 1. The van der Waals surface area contributed by atoms with Gasteiger partial charge in [-0.2, -0.15) is 0 Å². The Balaban J connectivity index is 1.63. The molecular weight excluding hydrogens is 486 g/mol. The standard InChI is InChI=1S/C25H23N3O7S/c1-16-6-8-17(9-7-16)24(29)27-21(25(30)26-18-12-13-36(33,34)15-18)14-19-10-11-23(35-19)20-4-2-3-5-22(20)28(31)32/h2-11,14,18H,12-13,15H2,1H3,(H,26,30)(H,27,29). The third kappa shape index (κ3) is 5.87. The van der Waals surface area contributed by atoms with Gasteiger partial charge in [0.2, 0.25) is 0 Å². The van der Waals surface area contributed by atoms with Gasteiger partial charge < -0.3 is 15.1 Å². The highest BCUT2D eigenvalue weighted by atomic mass is 32.2. The Kier molecular flexibility index (Phi) is 7.02. The normalized spacial score (nSPS) is 16.9. The van der Waals surface area contributed by atoms with E-state index in [4.69, 9.17) is 4.42 Å². The van der Waals surface area contributed by atoms with Gasteiger partial charge in [0.25, 0.3) is 17.5 Å². The van der Waals surface area contributed by atoms with Crippen LogP contribution in [0.2, 0.25) is 0 Å². The van der Waals surface area contributed by atoms with Gasteiger partial charge in [-0.15, -0.1) is 0 Å². The lowest BCUT2D eigenvalue weighted by Gasteiger charge is -2.14. The van der Waals surface area contributed by atoms with E-state index in [9.17, 15) is 28.1 Å². The second kappa shape index (κ2) is 10.2. The molecule has 2 N–H and O–H groups in total. The van der Waals surface area contributed by atoms with Crippen LogP contribution in [0.25, 0.3) is 17.4 Å². The molecule has 0 spiro atoms. The lowest BCUT2D eigenvalue weighted by molar-refractivity contribution is -0.384. The third-order valence-corrected chi connectivity index (χ3v) is 7.42. The molecule has 1 saturated heterocycles. The molecule has 186 valence electrons. The van der Waals surface area contributed by atoms with Gasteiger partial charge in [-0.05, 0) is 43.7 Å². The van der Waals surface area contributed by atoms with Gasteiger partial charge in [0, 0.05) is 23.7 Å². The van der Waals surface area contributed by atoms with Crippen LogP contribution in [0.1, 0.15) is 28.1 Å². The lowest BCUT2D eigenvalue weighted by atomic mass is 10.1. The molecule has 11 heteroatoms. The topological polar surface area (TPSA) is 149 Å². The molecule has 2 amide bonds. The number of nitrogens with zero attached hydrogens (tertiary/aromatic N) is 1. The Morgan fingerprint density at radius 3 is 2.47 bits per heavy atom. The molecule has 36 heavy (non-hydrogen) atoms. The van der Waals surface area contributed by atoms with E-state index < -0.39 is 32.6 Å². The van der Waals surface area contributed by atoms with Gasteiger partial charge in [-0.25, -0.2) is 8.42 Å². The van der Waals surface area contributed by atoms with Crippen molar-refractivity contribution < 1.29 is 27.3 Å². The van der Waals surface area contributed by atoms with Gasteiger partial charge in [-0.1, -0.05) is 29.8 Å². The summed E-state index contributed by atoms with van der Waals surface area (Å²) < 4.78 is 29.3. The van der Waals surface area contributed by atoms with Gasteiger partial charge in [0.15, 0.2) is 9.84 Å². The van der Waals surface area contributed by atoms with Crippen molar-refractivity contribution in [3.63, 3.8) is 0 Å². The molecule has 0 saturated carbocycles. The van der Waals surface area contributed by atoms with Crippen LogP contribution >= 0.6 is 0 Å². The molecule has 1 aromatic heterocycles. The number of hydrogen-bond acceptors (Lipinski definition) is 7. The van der Waals surface area contributed by atoms with Crippen LogP contribution < -0.4 is 10.6 Å². The quantitative estimate of drug-likeness (QED) is 0.282. The maximum absolute atomic E-state index is 13.0. The highest BCUT2D eigenvalue weighted by Crippen LogP contribution is 2.31. The summed E-state index contributed by atoms with van der Waals surface area (Å²) in [4.78, 5) is 36.7. The van der Waals surface area contributed by atoms with Crippen molar-refractivity contribution in [3.05, 3.63) is 93.4 Å². The molecule has 0 aliphatic carbocycles. The first-order chi connectivity index (χ1) is 17.1. The van der Waals surface area contributed by atoms with Crippen LogP contribution in [0.3, 0.4) is 0 Å². The van der Waals surface area contributed by atoms with E-state index in [1.54, 1.807) is 30.3 Å². The van der Waals surface area contributed by atoms with E-state index in [-0.39, 0.29) is 46.4 Å². The Hall–Kier alpha value is -4.25. The molecule has 1 fully saturated rings. The monoisotopic (exact) mass is 509 g/mol. The number of carbonyl (C=O) groups is 2. The summed E-state index contributed by atoms with van der Waals surface area (Å²) in [7, 11) is -3.23. The number of nitro groups is 1. The van der Waals surface area contributed by atoms with Gasteiger partial charge in [0.05, 0.1) is 22.0 Å². The summed E-state index contributed by atoms with van der Waals surface area (Å²) in [5, 5.41) is 16.6. The number of sulfone groups is 1. The number of nitrogens with one attached hydrogen (secondary N) is 2. The average Bonchev–Trinajstić information content (AvgIpc) is 3.44. The number of carbonyl (C=O) groups excluding carboxylic acids is 2. The molecule has 2 aromatic carbocycles. The van der Waals surface area contributed by atoms with Crippen LogP contribution in [-0.2, 0) is 14.6 Å². The highest BCUT2D eigenvalue weighted by Gasteiger charge is 2.30. The van der Waals surface area contributed by atoms with Crippen LogP contribution in [0.4, 0.5) is 5.69 Å². The van der Waals surface area contributed by atoms with Crippen LogP contribution in [0.5, 0.6) is 0 Å². The smallest absolute Gasteiger partial charge is 0.280 e. The predicted molar refractivity (Wildman–Crippen MR) is 133 cm³/mol. The fourth-order valence-electron chi connectivity index (χ4n) is 3.79. The number of benzene rings is 2. The first-order valence-corrected chi connectivity index (χ1v) is 12.9. The first kappa shape index (κ1) is 24.9. The molecule has 10 nitrogen and oxygen atoms in total. The van der Waals surface area contributed by atoms with Crippen molar-refractivity contribution in [2.24, 2.45) is 0 Å². The molecule has 0 bridgehead atoms. The van der Waals surface area contributed by atoms with Crippen LogP contribution in [-0.4, -0.2) is 42.7 Å². The van der Waals surface area contributed by atoms with Gasteiger partial charge in [-0.3, -0.25) is 19.7 Å². The summed E-state index contributed by atoms with van der Waals surface area (Å²) in [5.41, 5.74) is 1.24. The molecule has 1 unspecified atom stereocenters. The molecule has 1 aliphatic rings. The Morgan fingerprint density at radius 1 is 1.08 bits per heavy atom. The zero-order chi connectivity index (χ0) is 25.9. The second-order valence-electron chi connectivity index (χ2n) is 8.43. The minimum atomic E-state index is -3.23. The number of furan rings is 1. The number of hydrogen-bond donors (Lipinski definition) is 2. The Bertz CT molecular complexity index is 1460. The maximum atomic E-state index is 13.0. The van der Waals surface area contributed by atoms with E-state index in [0.717, 1.165) is 5.56 Å². The number of rotatable bonds is 7. The van der Waals surface area contributed by atoms with Crippen molar-refractivity contribution in [2.45, 2.75) is 19.4 Å². The van der Waals surface area contributed by atoms with E-state index in [2.05, 4.69) is 10.6 Å². The van der Waals surface area contributed by atoms with Crippen molar-refractivity contribution in [1.29, 1.82) is 0 Å². The molecule has 3 aromatic rings. The number of aryl methyl sites for hydroxylation is 1. The minimum absolute atomic E-state index is 0.0237. The lowest BCUT2D eigenvalue weighted by Crippen LogP contribution is -2.41. The van der Waals surface area contributed by atoms with E-state index in [0.29, 0.717) is 5.56 Å². The van der Waals surface area contributed by atoms with E-state index >= 15 is 0 Å². The third-order valence-electron chi connectivity index (χ3n) is 5.65. The predicted octanol–water partition coefficient (Wildman–Crippen LogP) is 3.24. The van der Waals surface area contributed by atoms with Crippen molar-refractivity contribution >= 4 is 33.4 Å². The molecular formula is C25H23N3O7S. The summed E-state index contributed by atoms with van der Waals surface area (Å²) in [6.45, 7) is 1.88. The van der Waals surface area contributed by atoms with E-state index in [1.807, 2.05) is 6.92 Å². The Labute approximate surface area is 207 Å². The molecule has 2 heterocycles. The molecule has 0 radical (unpaired) electrons. The second-order valence-corrected chi connectivity index (χ2v) is 10.7. The van der Waals surface area contributed by atoms with Crippen LogP contribution in [0.15, 0.2) is 70.8 Å². The van der Waals surface area contributed by atoms with Crippen molar-refractivity contribution in [2.75, 3.05) is 11.5 Å². The number of amides is 2. The highest BCUT2D eigenvalue weighted by molar-refractivity contribution is 7.91. The minimum Gasteiger partial charge on any atom is -0.456 e. The fourth-order valence-corrected chi connectivity index (χ4v) is 5.46. The fraction of sp³-hybridized carbons (Fsp3) is 0.200. The summed E-state index contributed by atoms with van der Waals surface area (Å²) in [5.74, 6) is -1.05. The van der Waals surface area contributed by atoms with Gasteiger partial charge >= 0.3 is 0 Å². The maximum Gasteiger partial charge on any atom is 0.280 e. The average molecular weight is 510 g/mol. The van der Waals surface area contributed by atoms with E-state index in [1.165, 1.54) is 36.4 Å². The first-order valence-electron chi connectivity index (χ1n) is 11.1. The van der Waals surface area contributed by atoms with Crippen molar-refractivity contribution in [3.8, 4) is 11.3 Å². The summed E-state index contributed by atoms with van der Waals surface area (Å²) >= 11 is 0. The largest absolute Gasteiger partial charge is 0.456 e. The zero-order valence-electron chi connectivity index (χ0n) is 19.3. The Morgan fingerprint density at radius 2 is 1.81 bits per heavy atom. The van der Waals surface area contributed by atoms with Crippen molar-refractivity contribution in [1.82, 2.24) is 10.6 Å². The molecule has 4 rings (SSSR count). The summed E-state index contributed by atoms with van der Waals surface area (Å²) in [6, 6.07) is 15.3. The molecule has 1 atom stereocenters. The zero-order valence-corrected chi connectivity index (χ0v) is 20.1.